The number of carboxylic acids is 1. The molecule has 0 amide bonds. The first-order valence-corrected chi connectivity index (χ1v) is 6.89. The second-order valence-corrected chi connectivity index (χ2v) is 5.77. The van der Waals surface area contributed by atoms with Gasteiger partial charge in [0, 0.05) is 34.4 Å². The molecule has 5 nitrogen and oxygen atoms in total. The van der Waals surface area contributed by atoms with E-state index in [1.165, 1.54) is 0 Å². The van der Waals surface area contributed by atoms with E-state index < -0.39 is 16.8 Å². The lowest BCUT2D eigenvalue weighted by molar-refractivity contribution is 0.0659. The van der Waals surface area contributed by atoms with Crippen molar-refractivity contribution in [2.75, 3.05) is 12.8 Å². The molecule has 0 aliphatic rings. The largest absolute Gasteiger partial charge is 0.475 e. The molecule has 0 aromatic carbocycles. The van der Waals surface area contributed by atoms with Gasteiger partial charge in [-0.2, -0.15) is 0 Å². The van der Waals surface area contributed by atoms with E-state index in [2.05, 4.69) is 5.32 Å². The fraction of sp³-hybridized carbons (Fsp3) is 0.545. The highest BCUT2D eigenvalue weighted by Crippen LogP contribution is 2.14. The SMILES string of the molecule is Cc1cc(CNCC(C)S(C)=O)oc1C(=O)O. The molecule has 0 aliphatic heterocycles. The van der Waals surface area contributed by atoms with E-state index in [1.54, 1.807) is 19.2 Å². The van der Waals surface area contributed by atoms with Gasteiger partial charge in [0.15, 0.2) is 0 Å². The lowest BCUT2D eigenvalue weighted by Crippen LogP contribution is -2.26. The average Bonchev–Trinajstić information content (AvgIpc) is 2.59. The summed E-state index contributed by atoms with van der Waals surface area (Å²) in [6.07, 6.45) is 1.66. The Labute approximate surface area is 103 Å². The van der Waals surface area contributed by atoms with Crippen LogP contribution < -0.4 is 5.32 Å². The van der Waals surface area contributed by atoms with E-state index in [9.17, 15) is 9.00 Å². The third-order valence-corrected chi connectivity index (χ3v) is 3.76. The molecule has 6 heteroatoms. The third-order valence-electron chi connectivity index (χ3n) is 2.46. The van der Waals surface area contributed by atoms with Crippen LogP contribution in [0.15, 0.2) is 10.5 Å². The summed E-state index contributed by atoms with van der Waals surface area (Å²) in [7, 11) is -0.862. The normalized spacial score (nSPS) is 14.5. The number of furan rings is 1. The number of aryl methyl sites for hydroxylation is 1. The Morgan fingerprint density at radius 1 is 1.65 bits per heavy atom. The zero-order chi connectivity index (χ0) is 13.0. The van der Waals surface area contributed by atoms with Crippen LogP contribution >= 0.6 is 0 Å². The maximum atomic E-state index is 11.1. The predicted octanol–water partition coefficient (Wildman–Crippen LogP) is 1.14. The van der Waals surface area contributed by atoms with Gasteiger partial charge >= 0.3 is 5.97 Å². The molecule has 96 valence electrons. The van der Waals surface area contributed by atoms with Gasteiger partial charge in [-0.1, -0.05) is 0 Å². The molecule has 0 fully saturated rings. The number of hydrogen-bond acceptors (Lipinski definition) is 4. The number of carbonyl (C=O) groups is 1. The van der Waals surface area contributed by atoms with Crippen molar-refractivity contribution in [2.24, 2.45) is 0 Å². The first-order valence-electron chi connectivity index (χ1n) is 5.27. The molecule has 1 rings (SSSR count). The summed E-state index contributed by atoms with van der Waals surface area (Å²) >= 11 is 0. The van der Waals surface area contributed by atoms with Crippen molar-refractivity contribution in [2.45, 2.75) is 25.6 Å². The number of nitrogens with one attached hydrogen (secondary N) is 1. The summed E-state index contributed by atoms with van der Waals surface area (Å²) in [6, 6.07) is 1.70. The van der Waals surface area contributed by atoms with Crippen molar-refractivity contribution in [1.29, 1.82) is 0 Å². The molecule has 0 spiro atoms. The second-order valence-electron chi connectivity index (χ2n) is 3.97. The molecule has 1 heterocycles. The fourth-order valence-electron chi connectivity index (χ4n) is 1.36. The minimum Gasteiger partial charge on any atom is -0.475 e. The smallest absolute Gasteiger partial charge is 0.372 e. The van der Waals surface area contributed by atoms with E-state index in [4.69, 9.17) is 9.52 Å². The van der Waals surface area contributed by atoms with Crippen LogP contribution in [-0.4, -0.2) is 33.3 Å². The molecule has 0 radical (unpaired) electrons. The summed E-state index contributed by atoms with van der Waals surface area (Å²) < 4.78 is 16.3. The molecule has 0 saturated carbocycles. The van der Waals surface area contributed by atoms with Crippen LogP contribution in [0.5, 0.6) is 0 Å². The van der Waals surface area contributed by atoms with Crippen molar-refractivity contribution < 1.29 is 18.5 Å². The molecule has 0 bridgehead atoms. The van der Waals surface area contributed by atoms with Gasteiger partial charge in [-0.25, -0.2) is 4.79 Å². The highest BCUT2D eigenvalue weighted by atomic mass is 32.2. The minimum absolute atomic E-state index is 0.0195. The Hall–Kier alpha value is -1.14. The lowest BCUT2D eigenvalue weighted by Gasteiger charge is -2.08. The van der Waals surface area contributed by atoms with Gasteiger partial charge in [0.05, 0.1) is 6.54 Å². The second kappa shape index (κ2) is 5.97. The summed E-state index contributed by atoms with van der Waals surface area (Å²) in [5.41, 5.74) is 0.612. The Kier molecular flexibility index (Phi) is 4.89. The maximum absolute atomic E-state index is 11.1. The Morgan fingerprint density at radius 2 is 2.29 bits per heavy atom. The summed E-state index contributed by atoms with van der Waals surface area (Å²) in [4.78, 5) is 10.8. The molecular formula is C11H17NO4S. The van der Waals surface area contributed by atoms with Gasteiger partial charge in [0.25, 0.3) is 0 Å². The molecular weight excluding hydrogens is 242 g/mol. The van der Waals surface area contributed by atoms with Gasteiger partial charge in [-0.15, -0.1) is 0 Å². The zero-order valence-electron chi connectivity index (χ0n) is 10.1. The highest BCUT2D eigenvalue weighted by molar-refractivity contribution is 7.84. The molecule has 2 unspecified atom stereocenters. The minimum atomic E-state index is -1.06. The molecule has 1 aromatic rings. The van der Waals surface area contributed by atoms with Crippen molar-refractivity contribution in [3.63, 3.8) is 0 Å². The topological polar surface area (TPSA) is 79.5 Å². The van der Waals surface area contributed by atoms with Gasteiger partial charge in [-0.3, -0.25) is 4.21 Å². The van der Waals surface area contributed by atoms with E-state index >= 15 is 0 Å². The van der Waals surface area contributed by atoms with Gasteiger partial charge in [-0.05, 0) is 19.9 Å². The number of carboxylic acid groups (broad SMARTS) is 1. The van der Waals surface area contributed by atoms with E-state index in [0.717, 1.165) is 0 Å². The van der Waals surface area contributed by atoms with Crippen molar-refractivity contribution in [3.8, 4) is 0 Å². The van der Waals surface area contributed by atoms with Crippen LogP contribution in [0.25, 0.3) is 0 Å². The third kappa shape index (κ3) is 3.98. The van der Waals surface area contributed by atoms with Crippen LogP contribution in [0.3, 0.4) is 0 Å². The Balaban J connectivity index is 2.50. The van der Waals surface area contributed by atoms with Gasteiger partial charge < -0.3 is 14.8 Å². The molecule has 17 heavy (non-hydrogen) atoms. The van der Waals surface area contributed by atoms with Crippen LogP contribution in [0.1, 0.15) is 28.8 Å². The number of aromatic carboxylic acids is 1. The van der Waals surface area contributed by atoms with E-state index in [0.29, 0.717) is 24.4 Å². The fourth-order valence-corrected chi connectivity index (χ4v) is 1.72. The average molecular weight is 259 g/mol. The number of rotatable bonds is 6. The molecule has 0 saturated heterocycles. The predicted molar refractivity (Wildman–Crippen MR) is 65.6 cm³/mol. The Morgan fingerprint density at radius 3 is 2.76 bits per heavy atom. The summed E-state index contributed by atoms with van der Waals surface area (Å²) in [5.74, 6) is -0.500. The maximum Gasteiger partial charge on any atom is 0.372 e. The first kappa shape index (κ1) is 13.9. The summed E-state index contributed by atoms with van der Waals surface area (Å²) in [6.45, 7) is 4.63. The van der Waals surface area contributed by atoms with Gasteiger partial charge in [0.1, 0.15) is 5.76 Å². The van der Waals surface area contributed by atoms with Crippen LogP contribution in [0, 0.1) is 6.92 Å². The first-order chi connectivity index (χ1) is 7.91. The van der Waals surface area contributed by atoms with Crippen molar-refractivity contribution in [3.05, 3.63) is 23.2 Å². The summed E-state index contributed by atoms with van der Waals surface area (Å²) in [5, 5.41) is 12.0. The quantitative estimate of drug-likeness (QED) is 0.801. The molecule has 1 aromatic heterocycles. The van der Waals surface area contributed by atoms with Crippen LogP contribution in [-0.2, 0) is 17.3 Å². The highest BCUT2D eigenvalue weighted by Gasteiger charge is 2.14. The van der Waals surface area contributed by atoms with E-state index in [1.807, 2.05) is 6.92 Å². The molecule has 2 N–H and O–H groups in total. The zero-order valence-corrected chi connectivity index (χ0v) is 11.0. The standard InChI is InChI=1S/C11H17NO4S/c1-7-4-9(16-10(7)11(13)14)6-12-5-8(2)17(3)15/h4,8,12H,5-6H2,1-3H3,(H,13,14). The van der Waals surface area contributed by atoms with Gasteiger partial charge in [0.2, 0.25) is 5.76 Å². The molecule has 0 aliphatic carbocycles. The number of hydrogen-bond donors (Lipinski definition) is 2. The van der Waals surface area contributed by atoms with Crippen molar-refractivity contribution >= 4 is 16.8 Å². The van der Waals surface area contributed by atoms with Crippen LogP contribution in [0.2, 0.25) is 0 Å². The van der Waals surface area contributed by atoms with Crippen LogP contribution in [0.4, 0.5) is 0 Å². The monoisotopic (exact) mass is 259 g/mol. The Bertz CT molecular complexity index is 427. The lowest BCUT2D eigenvalue weighted by atomic mass is 10.2. The van der Waals surface area contributed by atoms with E-state index in [-0.39, 0.29) is 11.0 Å². The van der Waals surface area contributed by atoms with Crippen molar-refractivity contribution in [1.82, 2.24) is 5.32 Å². The molecule has 2 atom stereocenters.